The standard InChI is InChI=1S/C30H42N4O3/c1-5-28(35)34(25-12-7-6-8-13-25)26-15-17-32(18-16-26)27-14-10-9-11-24(27)23-31-19-21-33(22-20-31)37-29(36)30(2,3)4/h6-14,26H,5,15-23H2,1-4H3. The third-order valence-electron chi connectivity index (χ3n) is 7.32. The Morgan fingerprint density at radius 2 is 1.51 bits per heavy atom. The molecule has 1 amide bonds. The van der Waals surface area contributed by atoms with Gasteiger partial charge in [-0.3, -0.25) is 9.69 Å². The molecule has 0 unspecified atom stereocenters. The minimum atomic E-state index is -0.495. The zero-order valence-corrected chi connectivity index (χ0v) is 22.9. The predicted molar refractivity (Wildman–Crippen MR) is 148 cm³/mol. The van der Waals surface area contributed by atoms with Gasteiger partial charge in [0.25, 0.3) is 0 Å². The molecule has 0 saturated carbocycles. The van der Waals surface area contributed by atoms with E-state index >= 15 is 0 Å². The first kappa shape index (κ1) is 27.1. The van der Waals surface area contributed by atoms with Crippen LogP contribution in [0.3, 0.4) is 0 Å². The lowest BCUT2D eigenvalue weighted by molar-refractivity contribution is -0.207. The van der Waals surface area contributed by atoms with E-state index in [1.165, 1.54) is 11.3 Å². The number of anilines is 2. The van der Waals surface area contributed by atoms with Crippen LogP contribution < -0.4 is 9.80 Å². The van der Waals surface area contributed by atoms with Crippen molar-refractivity contribution < 1.29 is 14.4 Å². The van der Waals surface area contributed by atoms with Crippen molar-refractivity contribution in [3.63, 3.8) is 0 Å². The number of piperidine rings is 1. The summed E-state index contributed by atoms with van der Waals surface area (Å²) in [7, 11) is 0. The normalized spacial score (nSPS) is 18.0. The average molecular weight is 507 g/mol. The molecule has 2 aromatic carbocycles. The van der Waals surface area contributed by atoms with Crippen LogP contribution in [0.25, 0.3) is 0 Å². The van der Waals surface area contributed by atoms with E-state index in [0.717, 1.165) is 64.3 Å². The molecule has 0 N–H and O–H groups in total. The van der Waals surface area contributed by atoms with Crippen LogP contribution in [-0.4, -0.2) is 67.1 Å². The van der Waals surface area contributed by atoms with Crippen LogP contribution in [0.1, 0.15) is 52.5 Å². The Morgan fingerprint density at radius 3 is 2.14 bits per heavy atom. The van der Waals surface area contributed by atoms with Gasteiger partial charge in [-0.25, -0.2) is 4.79 Å². The highest BCUT2D eigenvalue weighted by Gasteiger charge is 2.30. The van der Waals surface area contributed by atoms with Gasteiger partial charge in [-0.2, -0.15) is 0 Å². The summed E-state index contributed by atoms with van der Waals surface area (Å²) >= 11 is 0. The molecule has 0 bridgehead atoms. The van der Waals surface area contributed by atoms with E-state index < -0.39 is 5.41 Å². The topological polar surface area (TPSA) is 56.3 Å². The third-order valence-corrected chi connectivity index (χ3v) is 7.32. The number of piperazine rings is 1. The molecule has 0 atom stereocenters. The van der Waals surface area contributed by atoms with Crippen molar-refractivity contribution in [3.8, 4) is 0 Å². The maximum absolute atomic E-state index is 12.8. The SMILES string of the molecule is CCC(=O)N(c1ccccc1)C1CCN(c2ccccc2CN2CCN(OC(=O)C(C)(C)C)CC2)CC1. The van der Waals surface area contributed by atoms with E-state index in [4.69, 9.17) is 4.84 Å². The molecule has 37 heavy (non-hydrogen) atoms. The summed E-state index contributed by atoms with van der Waals surface area (Å²) in [5.41, 5.74) is 3.12. The lowest BCUT2D eigenvalue weighted by atomic mass is 9.98. The fraction of sp³-hybridized carbons (Fsp3) is 0.533. The van der Waals surface area contributed by atoms with E-state index in [-0.39, 0.29) is 17.9 Å². The van der Waals surface area contributed by atoms with Crippen LogP contribution in [-0.2, 0) is 21.0 Å². The number of carbonyl (C=O) groups excluding carboxylic acids is 2. The first-order chi connectivity index (χ1) is 17.8. The number of rotatable bonds is 7. The summed E-state index contributed by atoms with van der Waals surface area (Å²) in [6.45, 7) is 13.5. The molecular weight excluding hydrogens is 464 g/mol. The number of amides is 1. The van der Waals surface area contributed by atoms with Crippen LogP contribution in [0, 0.1) is 5.41 Å². The van der Waals surface area contributed by atoms with Crippen molar-refractivity contribution in [3.05, 3.63) is 60.2 Å². The Hall–Kier alpha value is -2.90. The van der Waals surface area contributed by atoms with Gasteiger partial charge in [0.2, 0.25) is 5.91 Å². The molecular formula is C30H42N4O3. The molecule has 0 aromatic heterocycles. The van der Waals surface area contributed by atoms with Gasteiger partial charge in [0.1, 0.15) is 0 Å². The van der Waals surface area contributed by atoms with E-state index in [9.17, 15) is 9.59 Å². The second-order valence-corrected chi connectivity index (χ2v) is 11.1. The number of nitrogens with zero attached hydrogens (tertiary/aromatic N) is 4. The lowest BCUT2D eigenvalue weighted by Gasteiger charge is -2.40. The molecule has 7 nitrogen and oxygen atoms in total. The molecule has 4 rings (SSSR count). The Morgan fingerprint density at radius 1 is 0.892 bits per heavy atom. The van der Waals surface area contributed by atoms with E-state index in [1.54, 1.807) is 5.06 Å². The van der Waals surface area contributed by atoms with E-state index in [1.807, 2.05) is 62.9 Å². The lowest BCUT2D eigenvalue weighted by Crippen LogP contribution is -2.48. The Labute approximate surface area is 221 Å². The summed E-state index contributed by atoms with van der Waals surface area (Å²) in [6.07, 6.45) is 2.42. The zero-order valence-electron chi connectivity index (χ0n) is 22.9. The second kappa shape index (κ2) is 12.1. The molecule has 2 aromatic rings. The molecule has 7 heteroatoms. The van der Waals surface area contributed by atoms with Gasteiger partial charge < -0.3 is 14.6 Å². The van der Waals surface area contributed by atoms with Gasteiger partial charge in [-0.15, -0.1) is 5.06 Å². The van der Waals surface area contributed by atoms with Crippen LogP contribution in [0.5, 0.6) is 0 Å². The fourth-order valence-corrected chi connectivity index (χ4v) is 5.11. The summed E-state index contributed by atoms with van der Waals surface area (Å²) < 4.78 is 0. The Bertz CT molecular complexity index is 1040. The van der Waals surface area contributed by atoms with Crippen LogP contribution in [0.2, 0.25) is 0 Å². The van der Waals surface area contributed by atoms with Crippen molar-refractivity contribution in [2.75, 3.05) is 49.1 Å². The van der Waals surface area contributed by atoms with Crippen molar-refractivity contribution in [1.82, 2.24) is 9.96 Å². The molecule has 0 aliphatic carbocycles. The zero-order chi connectivity index (χ0) is 26.4. The highest BCUT2D eigenvalue weighted by atomic mass is 16.7. The van der Waals surface area contributed by atoms with Crippen molar-refractivity contribution in [2.45, 2.75) is 59.5 Å². The Balaban J connectivity index is 1.35. The molecule has 0 spiro atoms. The quantitative estimate of drug-likeness (QED) is 0.542. The molecule has 2 aliphatic heterocycles. The maximum atomic E-state index is 12.8. The number of carbonyl (C=O) groups is 2. The van der Waals surface area contributed by atoms with Gasteiger partial charge in [0, 0.05) is 69.7 Å². The summed E-state index contributed by atoms with van der Waals surface area (Å²) in [4.78, 5) is 37.6. The van der Waals surface area contributed by atoms with Gasteiger partial charge in [0.15, 0.2) is 0 Å². The second-order valence-electron chi connectivity index (χ2n) is 11.1. The van der Waals surface area contributed by atoms with Gasteiger partial charge in [-0.1, -0.05) is 43.3 Å². The summed E-state index contributed by atoms with van der Waals surface area (Å²) in [5, 5.41) is 1.80. The van der Waals surface area contributed by atoms with Gasteiger partial charge >= 0.3 is 5.97 Å². The van der Waals surface area contributed by atoms with Crippen molar-refractivity contribution in [2.24, 2.45) is 5.41 Å². The number of para-hydroxylation sites is 2. The Kier molecular flexibility index (Phi) is 8.87. The molecule has 0 radical (unpaired) electrons. The minimum Gasteiger partial charge on any atom is -0.371 e. The van der Waals surface area contributed by atoms with Crippen molar-refractivity contribution in [1.29, 1.82) is 0 Å². The summed E-state index contributed by atoms with van der Waals surface area (Å²) in [5.74, 6) is 0.0125. The number of hydrogen-bond acceptors (Lipinski definition) is 6. The van der Waals surface area contributed by atoms with Gasteiger partial charge in [0.05, 0.1) is 5.41 Å². The molecule has 2 fully saturated rings. The van der Waals surface area contributed by atoms with Crippen LogP contribution in [0.4, 0.5) is 11.4 Å². The number of hydroxylamine groups is 2. The predicted octanol–water partition coefficient (Wildman–Crippen LogP) is 4.72. The highest BCUT2D eigenvalue weighted by Crippen LogP contribution is 2.30. The number of hydrogen-bond donors (Lipinski definition) is 0. The minimum absolute atomic E-state index is 0.179. The first-order valence-electron chi connectivity index (χ1n) is 13.7. The third kappa shape index (κ3) is 6.90. The molecule has 2 heterocycles. The van der Waals surface area contributed by atoms with E-state index in [2.05, 4.69) is 34.1 Å². The smallest absolute Gasteiger partial charge is 0.330 e. The highest BCUT2D eigenvalue weighted by molar-refractivity contribution is 5.93. The average Bonchev–Trinajstić information content (AvgIpc) is 2.91. The molecule has 2 saturated heterocycles. The largest absolute Gasteiger partial charge is 0.371 e. The van der Waals surface area contributed by atoms with Gasteiger partial charge in [-0.05, 0) is 57.4 Å². The molecule has 200 valence electrons. The monoisotopic (exact) mass is 506 g/mol. The van der Waals surface area contributed by atoms with Crippen LogP contribution in [0.15, 0.2) is 54.6 Å². The maximum Gasteiger partial charge on any atom is 0.330 e. The van der Waals surface area contributed by atoms with Crippen LogP contribution >= 0.6 is 0 Å². The number of benzene rings is 2. The first-order valence-corrected chi connectivity index (χ1v) is 13.7. The van der Waals surface area contributed by atoms with E-state index in [0.29, 0.717) is 6.42 Å². The van der Waals surface area contributed by atoms with Crippen molar-refractivity contribution >= 4 is 23.3 Å². The fourth-order valence-electron chi connectivity index (χ4n) is 5.11. The summed E-state index contributed by atoms with van der Waals surface area (Å²) in [6, 6.07) is 19.0. The molecule has 2 aliphatic rings.